The second kappa shape index (κ2) is 6.51. The Balaban J connectivity index is 1.75. The Kier molecular flexibility index (Phi) is 4.46. The average Bonchev–Trinajstić information content (AvgIpc) is 2.50. The van der Waals surface area contributed by atoms with Gasteiger partial charge in [-0.3, -0.25) is 4.79 Å². The number of carbonyl (C=O) groups is 2. The highest BCUT2D eigenvalue weighted by Crippen LogP contribution is 2.30. The maximum absolute atomic E-state index is 11.6. The second-order valence-electron chi connectivity index (χ2n) is 6.43. The Bertz CT molecular complexity index is 582. The maximum atomic E-state index is 11.6. The van der Waals surface area contributed by atoms with Gasteiger partial charge in [0.05, 0.1) is 6.61 Å². The van der Waals surface area contributed by atoms with Gasteiger partial charge in [-0.15, -0.1) is 0 Å². The van der Waals surface area contributed by atoms with E-state index in [1.165, 1.54) is 16.7 Å². The first-order valence-corrected chi connectivity index (χ1v) is 8.16. The molecule has 1 heterocycles. The zero-order valence-electron chi connectivity index (χ0n) is 13.1. The van der Waals surface area contributed by atoms with Gasteiger partial charge in [0, 0.05) is 18.4 Å². The van der Waals surface area contributed by atoms with Crippen molar-refractivity contribution in [1.82, 2.24) is 5.32 Å². The normalized spacial score (nSPS) is 25.2. The first-order valence-electron chi connectivity index (χ1n) is 8.16. The van der Waals surface area contributed by atoms with Crippen LogP contribution in [0.4, 0.5) is 4.79 Å². The van der Waals surface area contributed by atoms with E-state index in [-0.39, 0.29) is 12.0 Å². The number of hydrogen-bond acceptors (Lipinski definition) is 3. The maximum Gasteiger partial charge on any atom is 0.407 e. The van der Waals surface area contributed by atoms with Gasteiger partial charge in [-0.1, -0.05) is 18.2 Å². The van der Waals surface area contributed by atoms with Crippen LogP contribution in [-0.4, -0.2) is 25.0 Å². The summed E-state index contributed by atoms with van der Waals surface area (Å²) in [6, 6.07) is 6.63. The van der Waals surface area contributed by atoms with Crippen molar-refractivity contribution in [2.45, 2.75) is 44.9 Å². The quantitative estimate of drug-likeness (QED) is 0.913. The fourth-order valence-electron chi connectivity index (χ4n) is 3.51. The molecular weight excluding hydrogens is 278 g/mol. The van der Waals surface area contributed by atoms with Crippen LogP contribution in [0.1, 0.15) is 48.8 Å². The summed E-state index contributed by atoms with van der Waals surface area (Å²) in [6.07, 6.45) is 4.43. The van der Waals surface area contributed by atoms with Gasteiger partial charge in [-0.2, -0.15) is 0 Å². The largest absolute Gasteiger partial charge is 0.450 e. The number of amides is 1. The van der Waals surface area contributed by atoms with Crippen molar-refractivity contribution in [2.24, 2.45) is 5.92 Å². The molecule has 0 radical (unpaired) electrons. The predicted octanol–water partition coefficient (Wildman–Crippen LogP) is 2.98. The summed E-state index contributed by atoms with van der Waals surface area (Å²) in [7, 11) is 0. The Morgan fingerprint density at radius 3 is 2.95 bits per heavy atom. The van der Waals surface area contributed by atoms with Crippen LogP contribution in [0, 0.1) is 5.92 Å². The number of alkyl carbamates (subject to hydrolysis) is 1. The van der Waals surface area contributed by atoms with E-state index in [0.717, 1.165) is 32.1 Å². The SMILES string of the molecule is CC(=O)[C@@H]1CCc2cc([C@H]3CCCOC(=O)NC3)ccc2C1. The Morgan fingerprint density at radius 1 is 1.27 bits per heavy atom. The number of ketones is 1. The van der Waals surface area contributed by atoms with Crippen molar-refractivity contribution in [1.29, 1.82) is 0 Å². The molecule has 118 valence electrons. The molecule has 1 saturated heterocycles. The topological polar surface area (TPSA) is 55.4 Å². The van der Waals surface area contributed by atoms with Gasteiger partial charge in [0.15, 0.2) is 0 Å². The molecule has 0 aromatic heterocycles. The molecule has 1 N–H and O–H groups in total. The highest BCUT2D eigenvalue weighted by atomic mass is 16.5. The van der Waals surface area contributed by atoms with E-state index in [1.807, 2.05) is 0 Å². The van der Waals surface area contributed by atoms with E-state index in [1.54, 1.807) is 6.92 Å². The minimum atomic E-state index is -0.313. The molecule has 3 rings (SSSR count). The van der Waals surface area contributed by atoms with Crippen LogP contribution in [0.2, 0.25) is 0 Å². The predicted molar refractivity (Wildman–Crippen MR) is 84.0 cm³/mol. The van der Waals surface area contributed by atoms with Crippen LogP contribution in [0.15, 0.2) is 18.2 Å². The lowest BCUT2D eigenvalue weighted by Gasteiger charge is -2.26. The third-order valence-electron chi connectivity index (χ3n) is 4.93. The van der Waals surface area contributed by atoms with Gasteiger partial charge in [0.25, 0.3) is 0 Å². The minimum absolute atomic E-state index is 0.191. The first kappa shape index (κ1) is 15.1. The van der Waals surface area contributed by atoms with Crippen molar-refractivity contribution < 1.29 is 14.3 Å². The van der Waals surface area contributed by atoms with Crippen molar-refractivity contribution in [3.8, 4) is 0 Å². The lowest BCUT2D eigenvalue weighted by atomic mass is 9.80. The molecule has 0 saturated carbocycles. The number of fused-ring (bicyclic) bond motifs is 1. The van der Waals surface area contributed by atoms with Crippen LogP contribution in [0.3, 0.4) is 0 Å². The van der Waals surface area contributed by atoms with Crippen LogP contribution in [0.5, 0.6) is 0 Å². The highest BCUT2D eigenvalue weighted by Gasteiger charge is 2.23. The van der Waals surface area contributed by atoms with E-state index >= 15 is 0 Å². The lowest BCUT2D eigenvalue weighted by molar-refractivity contribution is -0.121. The molecule has 4 heteroatoms. The van der Waals surface area contributed by atoms with Gasteiger partial charge < -0.3 is 10.1 Å². The Morgan fingerprint density at radius 2 is 2.14 bits per heavy atom. The third kappa shape index (κ3) is 3.32. The summed E-state index contributed by atoms with van der Waals surface area (Å²) >= 11 is 0. The van der Waals surface area contributed by atoms with E-state index in [2.05, 4.69) is 23.5 Å². The molecule has 1 aromatic rings. The molecule has 1 aliphatic heterocycles. The van der Waals surface area contributed by atoms with Crippen LogP contribution in [-0.2, 0) is 22.4 Å². The standard InChI is InChI=1S/C18H23NO3/c1-12(20)13-4-5-15-10-16(7-6-14(15)9-13)17-3-2-8-22-18(21)19-11-17/h6-7,10,13,17H,2-5,8-9,11H2,1H3,(H,19,21)/t13-,17+/m1/s1. The van der Waals surface area contributed by atoms with Crippen LogP contribution >= 0.6 is 0 Å². The smallest absolute Gasteiger partial charge is 0.407 e. The number of ether oxygens (including phenoxy) is 1. The van der Waals surface area contributed by atoms with Crippen molar-refractivity contribution in [3.63, 3.8) is 0 Å². The van der Waals surface area contributed by atoms with E-state index in [0.29, 0.717) is 24.9 Å². The zero-order chi connectivity index (χ0) is 15.5. The monoisotopic (exact) mass is 301 g/mol. The second-order valence-corrected chi connectivity index (χ2v) is 6.43. The highest BCUT2D eigenvalue weighted by molar-refractivity contribution is 5.79. The summed E-state index contributed by atoms with van der Waals surface area (Å²) in [5.74, 6) is 0.845. The molecule has 2 aliphatic rings. The minimum Gasteiger partial charge on any atom is -0.450 e. The van der Waals surface area contributed by atoms with Gasteiger partial charge in [-0.25, -0.2) is 4.79 Å². The number of nitrogens with one attached hydrogen (secondary N) is 1. The summed E-state index contributed by atoms with van der Waals surface area (Å²) in [5, 5.41) is 2.83. The summed E-state index contributed by atoms with van der Waals surface area (Å²) in [6.45, 7) is 2.82. The Hall–Kier alpha value is -1.84. The molecule has 0 spiro atoms. The third-order valence-corrected chi connectivity index (χ3v) is 4.93. The number of carbonyl (C=O) groups excluding carboxylic acids is 2. The van der Waals surface area contributed by atoms with E-state index in [4.69, 9.17) is 4.74 Å². The van der Waals surface area contributed by atoms with Gasteiger partial charge in [0.1, 0.15) is 5.78 Å². The summed E-state index contributed by atoms with van der Waals surface area (Å²) in [4.78, 5) is 23.0. The lowest BCUT2D eigenvalue weighted by Crippen LogP contribution is -2.31. The number of benzene rings is 1. The zero-order valence-corrected chi connectivity index (χ0v) is 13.1. The van der Waals surface area contributed by atoms with E-state index in [9.17, 15) is 9.59 Å². The summed E-state index contributed by atoms with van der Waals surface area (Å²) < 4.78 is 5.01. The van der Waals surface area contributed by atoms with Crippen molar-refractivity contribution >= 4 is 11.9 Å². The van der Waals surface area contributed by atoms with Gasteiger partial charge in [0.2, 0.25) is 0 Å². The fourth-order valence-corrected chi connectivity index (χ4v) is 3.51. The molecule has 1 fully saturated rings. The van der Waals surface area contributed by atoms with Crippen molar-refractivity contribution in [3.05, 3.63) is 34.9 Å². The number of hydrogen-bond donors (Lipinski definition) is 1. The first-order chi connectivity index (χ1) is 10.6. The van der Waals surface area contributed by atoms with Crippen LogP contribution < -0.4 is 5.32 Å². The molecule has 22 heavy (non-hydrogen) atoms. The molecule has 0 unspecified atom stereocenters. The fraction of sp³-hybridized carbons (Fsp3) is 0.556. The molecule has 1 aliphatic carbocycles. The molecule has 4 nitrogen and oxygen atoms in total. The number of rotatable bonds is 2. The summed E-state index contributed by atoms with van der Waals surface area (Å²) in [5.41, 5.74) is 3.98. The number of aryl methyl sites for hydroxylation is 1. The molecular formula is C18H23NO3. The molecule has 1 aromatic carbocycles. The Labute approximate surface area is 131 Å². The van der Waals surface area contributed by atoms with Gasteiger partial charge in [-0.05, 0) is 55.7 Å². The molecule has 2 atom stereocenters. The molecule has 0 bridgehead atoms. The average molecular weight is 301 g/mol. The van der Waals surface area contributed by atoms with Gasteiger partial charge >= 0.3 is 6.09 Å². The van der Waals surface area contributed by atoms with Crippen molar-refractivity contribution in [2.75, 3.05) is 13.2 Å². The number of Topliss-reactive ketones (excluding diaryl/α,β-unsaturated/α-hetero) is 1. The number of cyclic esters (lactones) is 1. The van der Waals surface area contributed by atoms with Crippen LogP contribution in [0.25, 0.3) is 0 Å². The van der Waals surface area contributed by atoms with E-state index < -0.39 is 0 Å². The molecule has 1 amide bonds.